The highest BCUT2D eigenvalue weighted by Crippen LogP contribution is 2.38. The lowest BCUT2D eigenvalue weighted by Crippen LogP contribution is -2.43. The summed E-state index contributed by atoms with van der Waals surface area (Å²) in [6.07, 6.45) is 1.21. The molecule has 1 aliphatic heterocycles. The number of hydrogen-bond acceptors (Lipinski definition) is 6. The van der Waals surface area contributed by atoms with Crippen molar-refractivity contribution in [2.75, 3.05) is 26.9 Å². The van der Waals surface area contributed by atoms with Crippen molar-refractivity contribution >= 4 is 17.4 Å². The molecular formula is C22H29NO5S. The quantitative estimate of drug-likeness (QED) is 0.760. The summed E-state index contributed by atoms with van der Waals surface area (Å²) in [6, 6.07) is 7.82. The number of amides is 1. The van der Waals surface area contributed by atoms with E-state index >= 15 is 0 Å². The highest BCUT2D eigenvalue weighted by molar-refractivity contribution is 7.10. The first-order chi connectivity index (χ1) is 13.8. The number of carbonyl (C=O) groups excluding carboxylic acids is 1. The third-order valence-corrected chi connectivity index (χ3v) is 5.78. The first-order valence-electron chi connectivity index (χ1n) is 9.79. The van der Waals surface area contributed by atoms with Crippen molar-refractivity contribution in [3.8, 4) is 11.5 Å². The van der Waals surface area contributed by atoms with Crippen molar-refractivity contribution in [1.29, 1.82) is 0 Å². The molecule has 1 N–H and O–H groups in total. The van der Waals surface area contributed by atoms with Gasteiger partial charge < -0.3 is 19.3 Å². The standard InChI is InChI=1S/C22H29NO5S/c1-22(2,3)28-21(25)23-9-7-16-8-12-29-20(16)17(23)13-15-5-6-18(27-11-10-24)19(14-15)26-4/h5-6,8,12,14,17,24H,7,9-11,13H2,1-4H3. The summed E-state index contributed by atoms with van der Waals surface area (Å²) in [5, 5.41) is 11.1. The van der Waals surface area contributed by atoms with Gasteiger partial charge in [-0.05, 0) is 68.3 Å². The molecule has 2 aromatic rings. The molecule has 2 heterocycles. The van der Waals surface area contributed by atoms with Gasteiger partial charge in [0.2, 0.25) is 0 Å². The second kappa shape index (κ2) is 9.05. The molecule has 6 nitrogen and oxygen atoms in total. The van der Waals surface area contributed by atoms with E-state index in [9.17, 15) is 4.79 Å². The SMILES string of the molecule is COc1cc(CC2c3sccc3CCN2C(=O)OC(C)(C)C)ccc1OCCO. The number of nitrogens with zero attached hydrogens (tertiary/aromatic N) is 1. The van der Waals surface area contributed by atoms with Crippen LogP contribution >= 0.6 is 11.3 Å². The van der Waals surface area contributed by atoms with Crippen LogP contribution in [0.1, 0.15) is 42.8 Å². The molecule has 0 radical (unpaired) electrons. The van der Waals surface area contributed by atoms with Crippen molar-refractivity contribution in [1.82, 2.24) is 4.90 Å². The van der Waals surface area contributed by atoms with Crippen molar-refractivity contribution < 1.29 is 24.1 Å². The fourth-order valence-electron chi connectivity index (χ4n) is 3.46. The van der Waals surface area contributed by atoms with E-state index < -0.39 is 5.60 Å². The number of fused-ring (bicyclic) bond motifs is 1. The summed E-state index contributed by atoms with van der Waals surface area (Å²) in [6.45, 7) is 6.45. The lowest BCUT2D eigenvalue weighted by molar-refractivity contribution is 0.0146. The van der Waals surface area contributed by atoms with Gasteiger partial charge in [0.05, 0.1) is 19.8 Å². The number of benzene rings is 1. The molecule has 1 unspecified atom stereocenters. The molecule has 1 atom stereocenters. The Hall–Kier alpha value is -2.25. The molecule has 0 aliphatic carbocycles. The molecule has 7 heteroatoms. The second-order valence-electron chi connectivity index (χ2n) is 8.01. The van der Waals surface area contributed by atoms with Gasteiger partial charge >= 0.3 is 6.09 Å². The van der Waals surface area contributed by atoms with E-state index in [2.05, 4.69) is 11.4 Å². The predicted molar refractivity (Wildman–Crippen MR) is 113 cm³/mol. The Balaban J connectivity index is 1.86. The number of hydrogen-bond donors (Lipinski definition) is 1. The smallest absolute Gasteiger partial charge is 0.410 e. The van der Waals surface area contributed by atoms with Crippen LogP contribution in [0.15, 0.2) is 29.6 Å². The number of aliphatic hydroxyl groups is 1. The van der Waals surface area contributed by atoms with Gasteiger partial charge in [-0.2, -0.15) is 0 Å². The molecule has 1 amide bonds. The van der Waals surface area contributed by atoms with E-state index in [1.54, 1.807) is 18.4 Å². The molecule has 0 fully saturated rings. The van der Waals surface area contributed by atoms with Crippen LogP contribution in [0, 0.1) is 0 Å². The first-order valence-corrected chi connectivity index (χ1v) is 10.7. The van der Waals surface area contributed by atoms with Crippen LogP contribution in [0.3, 0.4) is 0 Å². The summed E-state index contributed by atoms with van der Waals surface area (Å²) in [7, 11) is 1.59. The maximum absolute atomic E-state index is 12.9. The zero-order valence-corrected chi connectivity index (χ0v) is 18.3. The Morgan fingerprint density at radius 1 is 1.28 bits per heavy atom. The van der Waals surface area contributed by atoms with E-state index in [1.165, 1.54) is 10.4 Å². The van der Waals surface area contributed by atoms with Gasteiger partial charge in [0.25, 0.3) is 0 Å². The monoisotopic (exact) mass is 419 g/mol. The van der Waals surface area contributed by atoms with Crippen molar-refractivity contribution in [3.63, 3.8) is 0 Å². The summed E-state index contributed by atoms with van der Waals surface area (Å²) < 4.78 is 16.6. The zero-order chi connectivity index (χ0) is 21.0. The molecule has 1 aromatic carbocycles. The van der Waals surface area contributed by atoms with Crippen molar-refractivity contribution in [2.45, 2.75) is 45.3 Å². The predicted octanol–water partition coefficient (Wildman–Crippen LogP) is 4.20. The van der Waals surface area contributed by atoms with Crippen LogP contribution in [-0.2, 0) is 17.6 Å². The summed E-state index contributed by atoms with van der Waals surface area (Å²) >= 11 is 1.68. The normalized spacial score (nSPS) is 16.3. The maximum atomic E-state index is 12.9. The van der Waals surface area contributed by atoms with Gasteiger partial charge in [0, 0.05) is 11.4 Å². The molecule has 0 spiro atoms. The minimum atomic E-state index is -0.535. The first kappa shape index (κ1) is 21.5. The topological polar surface area (TPSA) is 68.2 Å². The van der Waals surface area contributed by atoms with Gasteiger partial charge in [-0.25, -0.2) is 4.79 Å². The Morgan fingerprint density at radius 3 is 2.76 bits per heavy atom. The lowest BCUT2D eigenvalue weighted by Gasteiger charge is -2.37. The van der Waals surface area contributed by atoms with Crippen LogP contribution in [-0.4, -0.2) is 48.6 Å². The molecular weight excluding hydrogens is 390 g/mol. The molecule has 1 aliphatic rings. The van der Waals surface area contributed by atoms with Crippen LogP contribution < -0.4 is 9.47 Å². The fourth-order valence-corrected chi connectivity index (χ4v) is 4.53. The molecule has 3 rings (SSSR count). The second-order valence-corrected chi connectivity index (χ2v) is 8.96. The average Bonchev–Trinajstić information content (AvgIpc) is 3.14. The van der Waals surface area contributed by atoms with Gasteiger partial charge in [0.1, 0.15) is 12.2 Å². The van der Waals surface area contributed by atoms with Crippen LogP contribution in [0.2, 0.25) is 0 Å². The Kier molecular flexibility index (Phi) is 6.70. The number of rotatable bonds is 6. The number of thiophene rings is 1. The van der Waals surface area contributed by atoms with E-state index in [-0.39, 0.29) is 25.3 Å². The van der Waals surface area contributed by atoms with Crippen molar-refractivity contribution in [2.24, 2.45) is 0 Å². The highest BCUT2D eigenvalue weighted by atomic mass is 32.1. The molecule has 0 saturated carbocycles. The van der Waals surface area contributed by atoms with Gasteiger partial charge in [-0.3, -0.25) is 4.90 Å². The Labute approximate surface area is 176 Å². The Bertz CT molecular complexity index is 842. The van der Waals surface area contributed by atoms with Gasteiger partial charge in [0.15, 0.2) is 11.5 Å². The van der Waals surface area contributed by atoms with Gasteiger partial charge in [-0.15, -0.1) is 11.3 Å². The van der Waals surface area contributed by atoms with Gasteiger partial charge in [-0.1, -0.05) is 6.07 Å². The van der Waals surface area contributed by atoms with Crippen LogP contribution in [0.5, 0.6) is 11.5 Å². The summed E-state index contributed by atoms with van der Waals surface area (Å²) in [4.78, 5) is 15.9. The van der Waals surface area contributed by atoms with Crippen molar-refractivity contribution in [3.05, 3.63) is 45.6 Å². The maximum Gasteiger partial charge on any atom is 0.410 e. The summed E-state index contributed by atoms with van der Waals surface area (Å²) in [5.74, 6) is 1.21. The number of ether oxygens (including phenoxy) is 3. The van der Waals surface area contributed by atoms with E-state index in [0.717, 1.165) is 12.0 Å². The molecule has 0 saturated heterocycles. The molecule has 29 heavy (non-hydrogen) atoms. The van der Waals surface area contributed by atoms with Crippen LogP contribution in [0.25, 0.3) is 0 Å². The zero-order valence-electron chi connectivity index (χ0n) is 17.4. The van der Waals surface area contributed by atoms with E-state index in [1.807, 2.05) is 43.9 Å². The van der Waals surface area contributed by atoms with E-state index in [0.29, 0.717) is 24.5 Å². The fraction of sp³-hybridized carbons (Fsp3) is 0.500. The number of carbonyl (C=O) groups is 1. The summed E-state index contributed by atoms with van der Waals surface area (Å²) in [5.41, 5.74) is 1.81. The van der Waals surface area contributed by atoms with E-state index in [4.69, 9.17) is 19.3 Å². The number of aliphatic hydroxyl groups excluding tert-OH is 1. The largest absolute Gasteiger partial charge is 0.493 e. The highest BCUT2D eigenvalue weighted by Gasteiger charge is 2.34. The minimum absolute atomic E-state index is 0.0566. The number of methoxy groups -OCH3 is 1. The lowest BCUT2D eigenvalue weighted by atomic mass is 9.96. The third kappa shape index (κ3) is 5.22. The molecule has 158 valence electrons. The average molecular weight is 420 g/mol. The third-order valence-electron chi connectivity index (χ3n) is 4.72. The van der Waals surface area contributed by atoms with Crippen LogP contribution in [0.4, 0.5) is 4.79 Å². The molecule has 0 bridgehead atoms. The minimum Gasteiger partial charge on any atom is -0.493 e. The Morgan fingerprint density at radius 2 is 2.07 bits per heavy atom. The molecule has 1 aromatic heterocycles.